The zero-order valence-corrected chi connectivity index (χ0v) is 18.0. The highest BCUT2D eigenvalue weighted by atomic mass is 28.3. The standard InChI is InChI=1S/C19H30N4O3Si/c1-17(2,3)26-16(25)21-18-10-19(11-18,12-18)23-9-14(8-20-23)15(24)22-6-7-27(4,5)13-22/h8-9H,6-7,10-13H2,1-5H3,(H,21,25). The average Bonchev–Trinajstić information content (AvgIpc) is 3.05. The minimum atomic E-state index is -1.23. The van der Waals surface area contributed by atoms with Crippen molar-refractivity contribution >= 4 is 20.1 Å². The lowest BCUT2D eigenvalue weighted by Crippen LogP contribution is -2.79. The molecule has 1 N–H and O–H groups in total. The van der Waals surface area contributed by atoms with E-state index in [1.807, 2.05) is 36.5 Å². The molecule has 4 aliphatic rings. The van der Waals surface area contributed by atoms with E-state index in [0.717, 1.165) is 32.0 Å². The van der Waals surface area contributed by atoms with E-state index in [1.54, 1.807) is 6.20 Å². The maximum Gasteiger partial charge on any atom is 0.408 e. The predicted molar refractivity (Wildman–Crippen MR) is 104 cm³/mol. The van der Waals surface area contributed by atoms with Crippen molar-refractivity contribution in [3.8, 4) is 0 Å². The summed E-state index contributed by atoms with van der Waals surface area (Å²) in [6, 6.07) is 1.18. The average molecular weight is 391 g/mol. The van der Waals surface area contributed by atoms with Gasteiger partial charge in [0.15, 0.2) is 0 Å². The van der Waals surface area contributed by atoms with Gasteiger partial charge in [0.05, 0.1) is 30.9 Å². The van der Waals surface area contributed by atoms with Crippen molar-refractivity contribution in [1.29, 1.82) is 0 Å². The van der Waals surface area contributed by atoms with E-state index in [2.05, 4.69) is 23.5 Å². The van der Waals surface area contributed by atoms with Crippen LogP contribution in [-0.4, -0.2) is 58.6 Å². The Kier molecular flexibility index (Phi) is 3.84. The highest BCUT2D eigenvalue weighted by Gasteiger charge is 2.70. The predicted octanol–water partition coefficient (Wildman–Crippen LogP) is 2.74. The van der Waals surface area contributed by atoms with E-state index < -0.39 is 13.7 Å². The van der Waals surface area contributed by atoms with Crippen LogP contribution in [0.1, 0.15) is 50.4 Å². The van der Waals surface area contributed by atoms with Crippen LogP contribution in [-0.2, 0) is 10.3 Å². The van der Waals surface area contributed by atoms with Crippen LogP contribution in [0, 0.1) is 0 Å². The third kappa shape index (κ3) is 3.28. The van der Waals surface area contributed by atoms with Gasteiger partial charge >= 0.3 is 6.09 Å². The number of nitrogens with one attached hydrogen (secondary N) is 1. The van der Waals surface area contributed by atoms with Gasteiger partial charge in [-0.1, -0.05) is 13.1 Å². The van der Waals surface area contributed by atoms with Gasteiger partial charge in [0.2, 0.25) is 0 Å². The smallest absolute Gasteiger partial charge is 0.408 e. The second-order valence-electron chi connectivity index (χ2n) is 10.5. The lowest BCUT2D eigenvalue weighted by molar-refractivity contribution is -0.143. The maximum absolute atomic E-state index is 12.8. The minimum absolute atomic E-state index is 0.0490. The number of nitrogens with zero attached hydrogens (tertiary/aromatic N) is 3. The summed E-state index contributed by atoms with van der Waals surface area (Å²) in [6.07, 6.45) is 6.71. The summed E-state index contributed by atoms with van der Waals surface area (Å²) >= 11 is 0. The first-order chi connectivity index (χ1) is 12.4. The number of aromatic nitrogens is 2. The molecule has 3 aliphatic carbocycles. The van der Waals surface area contributed by atoms with Crippen LogP contribution >= 0.6 is 0 Å². The van der Waals surface area contributed by atoms with E-state index in [9.17, 15) is 9.59 Å². The number of hydrogen-bond donors (Lipinski definition) is 1. The Hall–Kier alpha value is -1.83. The van der Waals surface area contributed by atoms with Crippen molar-refractivity contribution in [3.63, 3.8) is 0 Å². The van der Waals surface area contributed by atoms with Crippen molar-refractivity contribution in [3.05, 3.63) is 18.0 Å². The lowest BCUT2D eigenvalue weighted by atomic mass is 9.44. The van der Waals surface area contributed by atoms with E-state index in [1.165, 1.54) is 6.04 Å². The van der Waals surface area contributed by atoms with Crippen LogP contribution in [0.4, 0.5) is 4.79 Å². The van der Waals surface area contributed by atoms with Gasteiger partial charge in [-0.15, -0.1) is 0 Å². The summed E-state index contributed by atoms with van der Waals surface area (Å²) in [4.78, 5) is 26.8. The molecule has 4 fully saturated rings. The van der Waals surface area contributed by atoms with Crippen molar-refractivity contribution in [1.82, 2.24) is 20.0 Å². The zero-order chi connectivity index (χ0) is 19.7. The van der Waals surface area contributed by atoms with Gasteiger partial charge in [-0.3, -0.25) is 9.48 Å². The Morgan fingerprint density at radius 2 is 1.93 bits per heavy atom. The molecule has 1 aromatic rings. The Bertz CT molecular complexity index is 775. The number of carbonyl (C=O) groups is 2. The molecule has 2 heterocycles. The largest absolute Gasteiger partial charge is 0.444 e. The molecule has 1 saturated heterocycles. The number of carbonyl (C=O) groups excluding carboxylic acids is 2. The number of ether oxygens (including phenoxy) is 1. The molecule has 0 unspecified atom stereocenters. The van der Waals surface area contributed by atoms with E-state index in [0.29, 0.717) is 5.56 Å². The van der Waals surface area contributed by atoms with Crippen LogP contribution in [0.3, 0.4) is 0 Å². The molecule has 7 nitrogen and oxygen atoms in total. The maximum atomic E-state index is 12.8. The molecule has 1 aliphatic heterocycles. The first-order valence-corrected chi connectivity index (χ1v) is 13.2. The van der Waals surface area contributed by atoms with Crippen LogP contribution in [0.5, 0.6) is 0 Å². The molecule has 0 atom stereocenters. The van der Waals surface area contributed by atoms with Gasteiger partial charge in [0, 0.05) is 18.9 Å². The minimum Gasteiger partial charge on any atom is -0.444 e. The second-order valence-corrected chi connectivity index (χ2v) is 15.6. The Morgan fingerprint density at radius 3 is 2.48 bits per heavy atom. The monoisotopic (exact) mass is 390 g/mol. The Balaban J connectivity index is 1.35. The summed E-state index contributed by atoms with van der Waals surface area (Å²) in [6.45, 7) is 11.1. The lowest BCUT2D eigenvalue weighted by Gasteiger charge is -2.69. The topological polar surface area (TPSA) is 76.5 Å². The summed E-state index contributed by atoms with van der Waals surface area (Å²) in [5.41, 5.74) is -0.0221. The van der Waals surface area contributed by atoms with Crippen molar-refractivity contribution in [2.45, 2.75) is 75.9 Å². The molecular formula is C19H30N4O3Si. The quantitative estimate of drug-likeness (QED) is 0.805. The highest BCUT2D eigenvalue weighted by molar-refractivity contribution is 6.78. The van der Waals surface area contributed by atoms with Crippen molar-refractivity contribution in [2.24, 2.45) is 0 Å². The molecule has 0 spiro atoms. The third-order valence-electron chi connectivity index (χ3n) is 6.05. The van der Waals surface area contributed by atoms with Gasteiger partial charge in [0.1, 0.15) is 5.60 Å². The summed E-state index contributed by atoms with van der Waals surface area (Å²) < 4.78 is 7.30. The first-order valence-electron chi connectivity index (χ1n) is 9.77. The first kappa shape index (κ1) is 18.5. The van der Waals surface area contributed by atoms with Crippen molar-refractivity contribution in [2.75, 3.05) is 12.7 Å². The van der Waals surface area contributed by atoms with E-state index >= 15 is 0 Å². The van der Waals surface area contributed by atoms with Gasteiger partial charge in [-0.2, -0.15) is 5.10 Å². The molecule has 5 rings (SSSR count). The molecule has 2 amide bonds. The van der Waals surface area contributed by atoms with Crippen LogP contribution in [0.2, 0.25) is 19.1 Å². The van der Waals surface area contributed by atoms with Gasteiger partial charge in [-0.05, 0) is 46.1 Å². The number of hydrogen-bond acceptors (Lipinski definition) is 4. The number of rotatable bonds is 3. The molecular weight excluding hydrogens is 360 g/mol. The second kappa shape index (κ2) is 5.59. The van der Waals surface area contributed by atoms with E-state index in [-0.39, 0.29) is 23.1 Å². The molecule has 1 aromatic heterocycles. The Morgan fingerprint density at radius 1 is 1.26 bits per heavy atom. The van der Waals surface area contributed by atoms with Gasteiger partial charge < -0.3 is 15.0 Å². The zero-order valence-electron chi connectivity index (χ0n) is 17.0. The molecule has 8 heteroatoms. The fourth-order valence-electron chi connectivity index (χ4n) is 4.79. The van der Waals surface area contributed by atoms with Crippen LogP contribution in [0.15, 0.2) is 12.4 Å². The van der Waals surface area contributed by atoms with Gasteiger partial charge in [0.25, 0.3) is 5.91 Å². The summed E-state index contributed by atoms with van der Waals surface area (Å²) in [7, 11) is -1.23. The summed E-state index contributed by atoms with van der Waals surface area (Å²) in [5.74, 6) is 0.104. The van der Waals surface area contributed by atoms with Crippen molar-refractivity contribution < 1.29 is 14.3 Å². The SMILES string of the molecule is CC(C)(C)OC(=O)NC12CC(n3cc(C(=O)N4CC[Si](C)(C)C4)cn3)(C1)C2. The molecule has 27 heavy (non-hydrogen) atoms. The number of amides is 2. The third-order valence-corrected chi connectivity index (χ3v) is 8.86. The molecule has 148 valence electrons. The number of alkyl carbamates (subject to hydrolysis) is 1. The molecule has 0 aromatic carbocycles. The normalized spacial score (nSPS) is 31.1. The molecule has 0 radical (unpaired) electrons. The fraction of sp³-hybridized carbons (Fsp3) is 0.737. The molecule has 2 bridgehead atoms. The fourth-order valence-corrected chi connectivity index (χ4v) is 7.16. The van der Waals surface area contributed by atoms with Crippen LogP contribution < -0.4 is 5.32 Å². The Labute approximate surface area is 161 Å². The van der Waals surface area contributed by atoms with E-state index in [4.69, 9.17) is 4.74 Å². The van der Waals surface area contributed by atoms with Crippen LogP contribution in [0.25, 0.3) is 0 Å². The van der Waals surface area contributed by atoms with Gasteiger partial charge in [-0.25, -0.2) is 4.79 Å². The highest BCUT2D eigenvalue weighted by Crippen LogP contribution is 2.65. The molecule has 3 saturated carbocycles. The summed E-state index contributed by atoms with van der Waals surface area (Å²) in [5, 5.41) is 7.50.